The SMILES string of the molecule is Cc1cccc(C(c2ccc(Cl)cc2)N2C[C@H](C)N(c3cc(=O)n(C)c4ccc(C#N)nc34)C[C@H]2C)n1. The van der Waals surface area contributed by atoms with Gasteiger partial charge in [-0.3, -0.25) is 14.7 Å². The number of piperazine rings is 1. The standard InChI is InChI=1S/C29H29ClN6O/c1-18-6-5-7-24(32-18)29(21-8-10-22(30)11-9-21)36-17-19(2)35(16-20(36)3)26-14-27(37)34(4)25-13-12-23(15-31)33-28(25)26/h5-14,19-20,29H,16-17H2,1-4H3/t19-,20+,29?/m0/s1. The summed E-state index contributed by atoms with van der Waals surface area (Å²) in [4.78, 5) is 27.1. The Morgan fingerprint density at radius 3 is 2.49 bits per heavy atom. The Morgan fingerprint density at radius 1 is 1.03 bits per heavy atom. The number of hydrogen-bond acceptors (Lipinski definition) is 6. The number of rotatable bonds is 4. The predicted octanol–water partition coefficient (Wildman–Crippen LogP) is 4.85. The van der Waals surface area contributed by atoms with Gasteiger partial charge in [0.1, 0.15) is 17.3 Å². The van der Waals surface area contributed by atoms with Crippen LogP contribution in [0.4, 0.5) is 5.69 Å². The minimum absolute atomic E-state index is 0.0412. The van der Waals surface area contributed by atoms with Gasteiger partial charge in [0.05, 0.1) is 22.9 Å². The Labute approximate surface area is 221 Å². The van der Waals surface area contributed by atoms with Crippen LogP contribution in [0.2, 0.25) is 5.02 Å². The molecule has 0 bridgehead atoms. The largest absolute Gasteiger partial charge is 0.364 e. The Hall–Kier alpha value is -3.73. The molecule has 1 aliphatic rings. The van der Waals surface area contributed by atoms with Crippen molar-refractivity contribution in [3.05, 3.63) is 98.7 Å². The van der Waals surface area contributed by atoms with E-state index in [2.05, 4.69) is 59.0 Å². The second kappa shape index (κ2) is 9.97. The highest BCUT2D eigenvalue weighted by Crippen LogP contribution is 2.35. The van der Waals surface area contributed by atoms with Gasteiger partial charge in [0.2, 0.25) is 0 Å². The predicted molar refractivity (Wildman–Crippen MR) is 147 cm³/mol. The number of nitriles is 1. The smallest absolute Gasteiger partial charge is 0.252 e. The summed E-state index contributed by atoms with van der Waals surface area (Å²) >= 11 is 6.22. The van der Waals surface area contributed by atoms with Crippen molar-refractivity contribution in [2.75, 3.05) is 18.0 Å². The summed E-state index contributed by atoms with van der Waals surface area (Å²) in [6, 6.07) is 21.5. The molecule has 188 valence electrons. The summed E-state index contributed by atoms with van der Waals surface area (Å²) in [5, 5.41) is 10.2. The van der Waals surface area contributed by atoms with Crippen molar-refractivity contribution in [2.45, 2.75) is 38.9 Å². The lowest BCUT2D eigenvalue weighted by Crippen LogP contribution is -2.57. The van der Waals surface area contributed by atoms with Crippen molar-refractivity contribution in [3.63, 3.8) is 0 Å². The van der Waals surface area contributed by atoms with Crippen LogP contribution in [0.1, 0.15) is 42.5 Å². The Morgan fingerprint density at radius 2 is 1.78 bits per heavy atom. The molecule has 0 N–H and O–H groups in total. The van der Waals surface area contributed by atoms with E-state index in [1.54, 1.807) is 29.8 Å². The van der Waals surface area contributed by atoms with Gasteiger partial charge < -0.3 is 9.47 Å². The number of nitrogens with zero attached hydrogens (tertiary/aromatic N) is 6. The van der Waals surface area contributed by atoms with Crippen LogP contribution in [-0.4, -0.2) is 44.6 Å². The summed E-state index contributed by atoms with van der Waals surface area (Å²) in [5.74, 6) is 0. The van der Waals surface area contributed by atoms with Crippen LogP contribution in [-0.2, 0) is 7.05 Å². The molecule has 4 aromatic rings. The number of halogens is 1. The third kappa shape index (κ3) is 4.71. The number of aromatic nitrogens is 3. The molecule has 0 radical (unpaired) electrons. The fraction of sp³-hybridized carbons (Fsp3) is 0.310. The number of hydrogen-bond donors (Lipinski definition) is 0. The molecule has 7 nitrogen and oxygen atoms in total. The molecule has 8 heteroatoms. The van der Waals surface area contributed by atoms with Crippen molar-refractivity contribution in [3.8, 4) is 6.07 Å². The molecule has 37 heavy (non-hydrogen) atoms. The van der Waals surface area contributed by atoms with E-state index < -0.39 is 0 Å². The van der Waals surface area contributed by atoms with Gasteiger partial charge in [0.25, 0.3) is 5.56 Å². The van der Waals surface area contributed by atoms with Crippen LogP contribution in [0.25, 0.3) is 11.0 Å². The summed E-state index contributed by atoms with van der Waals surface area (Å²) in [6.07, 6.45) is 0. The van der Waals surface area contributed by atoms with E-state index in [9.17, 15) is 10.1 Å². The quantitative estimate of drug-likeness (QED) is 0.389. The van der Waals surface area contributed by atoms with Crippen molar-refractivity contribution in [2.24, 2.45) is 7.05 Å². The van der Waals surface area contributed by atoms with Crippen LogP contribution < -0.4 is 10.5 Å². The number of aryl methyl sites for hydroxylation is 2. The van der Waals surface area contributed by atoms with E-state index in [-0.39, 0.29) is 23.7 Å². The van der Waals surface area contributed by atoms with Crippen molar-refractivity contribution >= 4 is 28.3 Å². The van der Waals surface area contributed by atoms with Crippen LogP contribution in [0.3, 0.4) is 0 Å². The molecule has 0 amide bonds. The Bertz CT molecular complexity index is 1560. The van der Waals surface area contributed by atoms with Crippen LogP contribution in [0.5, 0.6) is 0 Å². The summed E-state index contributed by atoms with van der Waals surface area (Å²) in [6.45, 7) is 7.82. The van der Waals surface area contributed by atoms with Gasteiger partial charge in [0.15, 0.2) is 0 Å². The van der Waals surface area contributed by atoms with E-state index >= 15 is 0 Å². The molecule has 5 rings (SSSR count). The lowest BCUT2D eigenvalue weighted by Gasteiger charge is -2.48. The van der Waals surface area contributed by atoms with Crippen LogP contribution in [0, 0.1) is 18.3 Å². The van der Waals surface area contributed by atoms with E-state index in [0.717, 1.165) is 29.2 Å². The minimum Gasteiger partial charge on any atom is -0.364 e. The van der Waals surface area contributed by atoms with E-state index in [0.29, 0.717) is 28.3 Å². The fourth-order valence-corrected chi connectivity index (χ4v) is 5.46. The van der Waals surface area contributed by atoms with Crippen LogP contribution in [0.15, 0.2) is 65.5 Å². The average Bonchev–Trinajstić information content (AvgIpc) is 2.89. The first kappa shape index (κ1) is 24.9. The average molecular weight is 513 g/mol. The molecule has 1 aromatic carbocycles. The molecule has 0 aliphatic carbocycles. The van der Waals surface area contributed by atoms with Crippen molar-refractivity contribution < 1.29 is 0 Å². The topological polar surface area (TPSA) is 78.0 Å². The lowest BCUT2D eigenvalue weighted by atomic mass is 9.96. The summed E-state index contributed by atoms with van der Waals surface area (Å²) in [5.41, 5.74) is 5.49. The first-order valence-electron chi connectivity index (χ1n) is 12.4. The van der Waals surface area contributed by atoms with E-state index in [1.165, 1.54) is 0 Å². The molecule has 0 spiro atoms. The molecule has 3 atom stereocenters. The minimum atomic E-state index is -0.0979. The second-order valence-electron chi connectivity index (χ2n) is 9.81. The van der Waals surface area contributed by atoms with Gasteiger partial charge >= 0.3 is 0 Å². The van der Waals surface area contributed by atoms with Gasteiger partial charge in [-0.05, 0) is 62.7 Å². The summed E-state index contributed by atoms with van der Waals surface area (Å²) in [7, 11) is 1.73. The molecular weight excluding hydrogens is 484 g/mol. The molecule has 1 fully saturated rings. The molecular formula is C29H29ClN6O. The fourth-order valence-electron chi connectivity index (χ4n) is 5.34. The number of pyridine rings is 3. The molecule has 3 aromatic heterocycles. The summed E-state index contributed by atoms with van der Waals surface area (Å²) < 4.78 is 1.58. The monoisotopic (exact) mass is 512 g/mol. The van der Waals surface area contributed by atoms with Gasteiger partial charge in [-0.25, -0.2) is 4.98 Å². The van der Waals surface area contributed by atoms with Gasteiger partial charge in [0, 0.05) is 49.0 Å². The first-order chi connectivity index (χ1) is 17.8. The molecule has 4 heterocycles. The number of anilines is 1. The van der Waals surface area contributed by atoms with Gasteiger partial charge in [-0.2, -0.15) is 5.26 Å². The van der Waals surface area contributed by atoms with Crippen LogP contribution >= 0.6 is 11.6 Å². The maximum Gasteiger partial charge on any atom is 0.252 e. The normalized spacial score (nSPS) is 19.1. The number of benzene rings is 1. The zero-order valence-corrected chi connectivity index (χ0v) is 22.1. The van der Waals surface area contributed by atoms with E-state index in [4.69, 9.17) is 16.6 Å². The van der Waals surface area contributed by atoms with Gasteiger partial charge in [-0.15, -0.1) is 0 Å². The first-order valence-corrected chi connectivity index (χ1v) is 12.8. The third-order valence-electron chi connectivity index (χ3n) is 7.23. The Balaban J connectivity index is 1.56. The second-order valence-corrected chi connectivity index (χ2v) is 10.2. The zero-order chi connectivity index (χ0) is 26.3. The maximum absolute atomic E-state index is 12.9. The molecule has 1 aliphatic heterocycles. The third-order valence-corrected chi connectivity index (χ3v) is 7.49. The highest BCUT2D eigenvalue weighted by atomic mass is 35.5. The molecule has 1 saturated heterocycles. The highest BCUT2D eigenvalue weighted by Gasteiger charge is 2.36. The maximum atomic E-state index is 12.9. The van der Waals surface area contributed by atoms with Crippen molar-refractivity contribution in [1.29, 1.82) is 5.26 Å². The van der Waals surface area contributed by atoms with Gasteiger partial charge in [-0.1, -0.05) is 29.8 Å². The highest BCUT2D eigenvalue weighted by molar-refractivity contribution is 6.30. The van der Waals surface area contributed by atoms with E-state index in [1.807, 2.05) is 25.1 Å². The number of fused-ring (bicyclic) bond motifs is 1. The Kier molecular flexibility index (Phi) is 6.72. The molecule has 1 unspecified atom stereocenters. The molecule has 0 saturated carbocycles. The van der Waals surface area contributed by atoms with Crippen molar-refractivity contribution in [1.82, 2.24) is 19.4 Å². The zero-order valence-electron chi connectivity index (χ0n) is 21.4. The lowest BCUT2D eigenvalue weighted by molar-refractivity contribution is 0.128.